The van der Waals surface area contributed by atoms with Crippen LogP contribution in [0.2, 0.25) is 5.02 Å². The second-order valence-corrected chi connectivity index (χ2v) is 3.67. The van der Waals surface area contributed by atoms with Crippen LogP contribution in [0.25, 0.3) is 0 Å². The highest BCUT2D eigenvalue weighted by Crippen LogP contribution is 2.30. The van der Waals surface area contributed by atoms with Crippen LogP contribution >= 0.6 is 22.9 Å². The van der Waals surface area contributed by atoms with Crippen LogP contribution in [0.4, 0.5) is 0 Å². The predicted molar refractivity (Wildman–Crippen MR) is 46.0 cm³/mol. The molecule has 1 heterocycles. The molecule has 0 fully saturated rings. The van der Waals surface area contributed by atoms with Gasteiger partial charge in [0.2, 0.25) is 0 Å². The van der Waals surface area contributed by atoms with Crippen molar-refractivity contribution in [3.63, 3.8) is 0 Å². The third-order valence-corrected chi connectivity index (χ3v) is 2.80. The standard InChI is InChI=1S/C7H9ClO2S/c1-4(9)6(10)7-5(8)2-3-11-7/h2-4,6,9-10H,1H3. The summed E-state index contributed by atoms with van der Waals surface area (Å²) in [6, 6.07) is 1.70. The molecule has 62 valence electrons. The van der Waals surface area contributed by atoms with Gasteiger partial charge in [-0.3, -0.25) is 0 Å². The Labute approximate surface area is 74.1 Å². The third-order valence-electron chi connectivity index (χ3n) is 1.37. The first-order chi connectivity index (χ1) is 5.13. The summed E-state index contributed by atoms with van der Waals surface area (Å²) in [5.74, 6) is 0. The van der Waals surface area contributed by atoms with Crippen molar-refractivity contribution in [2.75, 3.05) is 0 Å². The molecule has 2 N–H and O–H groups in total. The monoisotopic (exact) mass is 192 g/mol. The zero-order valence-corrected chi connectivity index (χ0v) is 7.56. The number of rotatable bonds is 2. The lowest BCUT2D eigenvalue weighted by Gasteiger charge is -2.11. The average molecular weight is 193 g/mol. The van der Waals surface area contributed by atoms with Gasteiger partial charge in [-0.15, -0.1) is 11.3 Å². The van der Waals surface area contributed by atoms with E-state index in [9.17, 15) is 5.11 Å². The molecule has 0 spiro atoms. The van der Waals surface area contributed by atoms with Crippen LogP contribution in [0, 0.1) is 0 Å². The minimum Gasteiger partial charge on any atom is -0.390 e. The van der Waals surface area contributed by atoms with Crippen LogP contribution in [0.3, 0.4) is 0 Å². The SMILES string of the molecule is CC(O)C(O)c1sccc1Cl. The second kappa shape index (κ2) is 3.54. The molecular formula is C7H9ClO2S. The van der Waals surface area contributed by atoms with Crippen molar-refractivity contribution < 1.29 is 10.2 Å². The van der Waals surface area contributed by atoms with Gasteiger partial charge in [-0.05, 0) is 18.4 Å². The van der Waals surface area contributed by atoms with Gasteiger partial charge in [0, 0.05) is 0 Å². The Bertz CT molecular complexity index is 234. The zero-order chi connectivity index (χ0) is 8.43. The maximum Gasteiger partial charge on any atom is 0.115 e. The molecule has 0 aromatic carbocycles. The summed E-state index contributed by atoms with van der Waals surface area (Å²) >= 11 is 7.06. The Morgan fingerprint density at radius 3 is 2.55 bits per heavy atom. The minimum absolute atomic E-state index is 0.517. The first-order valence-electron chi connectivity index (χ1n) is 3.22. The fraction of sp³-hybridized carbons (Fsp3) is 0.429. The summed E-state index contributed by atoms with van der Waals surface area (Å²) in [7, 11) is 0. The molecule has 0 aliphatic heterocycles. The molecule has 2 atom stereocenters. The van der Waals surface area contributed by atoms with Crippen molar-refractivity contribution in [1.29, 1.82) is 0 Å². The first-order valence-corrected chi connectivity index (χ1v) is 4.47. The van der Waals surface area contributed by atoms with E-state index in [1.54, 1.807) is 11.4 Å². The van der Waals surface area contributed by atoms with E-state index < -0.39 is 12.2 Å². The Morgan fingerprint density at radius 2 is 2.18 bits per heavy atom. The number of halogens is 1. The van der Waals surface area contributed by atoms with E-state index in [-0.39, 0.29) is 0 Å². The summed E-state index contributed by atoms with van der Waals surface area (Å²) in [4.78, 5) is 0.627. The predicted octanol–water partition coefficient (Wildman–Crippen LogP) is 1.82. The van der Waals surface area contributed by atoms with Crippen molar-refractivity contribution >= 4 is 22.9 Å². The van der Waals surface area contributed by atoms with E-state index in [1.807, 2.05) is 0 Å². The van der Waals surface area contributed by atoms with Crippen molar-refractivity contribution in [1.82, 2.24) is 0 Å². The van der Waals surface area contributed by atoms with Crippen LogP contribution in [-0.2, 0) is 0 Å². The van der Waals surface area contributed by atoms with E-state index >= 15 is 0 Å². The number of aliphatic hydroxyl groups is 2. The molecule has 0 bridgehead atoms. The largest absolute Gasteiger partial charge is 0.390 e. The van der Waals surface area contributed by atoms with Gasteiger partial charge in [-0.2, -0.15) is 0 Å². The molecule has 0 aliphatic carbocycles. The maximum absolute atomic E-state index is 9.34. The summed E-state index contributed by atoms with van der Waals surface area (Å²) < 4.78 is 0. The highest BCUT2D eigenvalue weighted by molar-refractivity contribution is 7.10. The van der Waals surface area contributed by atoms with E-state index in [1.165, 1.54) is 18.3 Å². The number of thiophene rings is 1. The fourth-order valence-corrected chi connectivity index (χ4v) is 1.99. The van der Waals surface area contributed by atoms with Gasteiger partial charge in [0.05, 0.1) is 16.0 Å². The number of hydrogen-bond acceptors (Lipinski definition) is 3. The molecule has 0 aliphatic rings. The van der Waals surface area contributed by atoms with E-state index in [0.717, 1.165) is 0 Å². The second-order valence-electron chi connectivity index (χ2n) is 2.32. The maximum atomic E-state index is 9.34. The summed E-state index contributed by atoms with van der Waals surface area (Å²) in [6.07, 6.45) is -1.63. The smallest absolute Gasteiger partial charge is 0.115 e. The molecule has 4 heteroatoms. The Morgan fingerprint density at radius 1 is 1.55 bits per heavy atom. The molecule has 2 nitrogen and oxygen atoms in total. The highest BCUT2D eigenvalue weighted by Gasteiger charge is 2.17. The topological polar surface area (TPSA) is 40.5 Å². The van der Waals surface area contributed by atoms with Crippen molar-refractivity contribution in [3.05, 3.63) is 21.3 Å². The van der Waals surface area contributed by atoms with Crippen LogP contribution < -0.4 is 0 Å². The molecule has 1 rings (SSSR count). The molecule has 1 aromatic heterocycles. The number of hydrogen-bond donors (Lipinski definition) is 2. The van der Waals surface area contributed by atoms with Gasteiger partial charge in [0.15, 0.2) is 0 Å². The minimum atomic E-state index is -0.859. The van der Waals surface area contributed by atoms with Crippen LogP contribution in [0.5, 0.6) is 0 Å². The fourth-order valence-electron chi connectivity index (χ4n) is 0.736. The first kappa shape index (κ1) is 9.00. The molecule has 0 radical (unpaired) electrons. The summed E-state index contributed by atoms with van der Waals surface area (Å²) in [6.45, 7) is 1.53. The molecule has 0 amide bonds. The van der Waals surface area contributed by atoms with E-state index in [0.29, 0.717) is 9.90 Å². The molecule has 1 aromatic rings. The van der Waals surface area contributed by atoms with Crippen molar-refractivity contribution in [3.8, 4) is 0 Å². The normalized spacial score (nSPS) is 16.4. The molecule has 0 saturated carbocycles. The summed E-state index contributed by atoms with van der Waals surface area (Å²) in [5, 5.41) is 20.7. The van der Waals surface area contributed by atoms with Gasteiger partial charge in [-0.1, -0.05) is 11.6 Å². The van der Waals surface area contributed by atoms with Crippen LogP contribution in [0.15, 0.2) is 11.4 Å². The van der Waals surface area contributed by atoms with Gasteiger partial charge < -0.3 is 10.2 Å². The summed E-state index contributed by atoms with van der Waals surface area (Å²) in [5.41, 5.74) is 0. The van der Waals surface area contributed by atoms with Gasteiger partial charge in [0.25, 0.3) is 0 Å². The number of aliphatic hydroxyl groups excluding tert-OH is 2. The lowest BCUT2D eigenvalue weighted by molar-refractivity contribution is 0.0329. The third kappa shape index (κ3) is 1.93. The highest BCUT2D eigenvalue weighted by atomic mass is 35.5. The Balaban J connectivity index is 2.84. The van der Waals surface area contributed by atoms with E-state index in [2.05, 4.69) is 0 Å². The molecular weight excluding hydrogens is 184 g/mol. The van der Waals surface area contributed by atoms with Crippen molar-refractivity contribution in [2.24, 2.45) is 0 Å². The van der Waals surface area contributed by atoms with Gasteiger partial charge >= 0.3 is 0 Å². The van der Waals surface area contributed by atoms with Gasteiger partial charge in [0.1, 0.15) is 6.10 Å². The molecule has 11 heavy (non-hydrogen) atoms. The van der Waals surface area contributed by atoms with E-state index in [4.69, 9.17) is 16.7 Å². The average Bonchev–Trinajstić information content (AvgIpc) is 2.33. The molecule has 0 saturated heterocycles. The van der Waals surface area contributed by atoms with Crippen LogP contribution in [-0.4, -0.2) is 16.3 Å². The van der Waals surface area contributed by atoms with Crippen LogP contribution in [0.1, 0.15) is 17.9 Å². The quantitative estimate of drug-likeness (QED) is 0.751. The Hall–Kier alpha value is -0.0900. The lowest BCUT2D eigenvalue weighted by Crippen LogP contribution is -2.12. The zero-order valence-electron chi connectivity index (χ0n) is 5.99. The lowest BCUT2D eigenvalue weighted by atomic mass is 10.2. The molecule has 2 unspecified atom stereocenters. The van der Waals surface area contributed by atoms with Gasteiger partial charge in [-0.25, -0.2) is 0 Å². The van der Waals surface area contributed by atoms with Crippen molar-refractivity contribution in [2.45, 2.75) is 19.1 Å². The Kier molecular flexibility index (Phi) is 2.90.